The van der Waals surface area contributed by atoms with Crippen LogP contribution in [0.1, 0.15) is 17.4 Å². The molecule has 2 N–H and O–H groups in total. The number of aliphatic imine (C=N–C) groups is 1. The number of halogens is 1. The zero-order valence-electron chi connectivity index (χ0n) is 14.6. The minimum atomic E-state index is 0. The third-order valence-electron chi connectivity index (χ3n) is 4.33. The summed E-state index contributed by atoms with van der Waals surface area (Å²) in [5.41, 5.74) is 1.35. The topological polar surface area (TPSA) is 42.9 Å². The van der Waals surface area contributed by atoms with Crippen LogP contribution in [-0.2, 0) is 6.54 Å². The number of hydrogen-bond donors (Lipinski definition) is 2. The van der Waals surface area contributed by atoms with E-state index in [1.54, 1.807) is 11.3 Å². The predicted octanol–water partition coefficient (Wildman–Crippen LogP) is 1.98. The van der Waals surface area contributed by atoms with E-state index in [1.165, 1.54) is 10.4 Å². The normalized spacial score (nSPS) is 18.3. The molecule has 132 valence electrons. The van der Waals surface area contributed by atoms with E-state index in [0.29, 0.717) is 6.04 Å². The summed E-state index contributed by atoms with van der Waals surface area (Å²) >= 11 is 1.79. The lowest BCUT2D eigenvalue weighted by Crippen LogP contribution is -2.52. The summed E-state index contributed by atoms with van der Waals surface area (Å²) < 4.78 is 0. The van der Waals surface area contributed by atoms with E-state index in [1.807, 2.05) is 7.05 Å². The molecule has 5 nitrogen and oxygen atoms in total. The molecular formula is C16H30IN5S. The summed E-state index contributed by atoms with van der Waals surface area (Å²) in [5, 5.41) is 8.99. The van der Waals surface area contributed by atoms with Crippen LogP contribution in [0.15, 0.2) is 16.4 Å². The van der Waals surface area contributed by atoms with Crippen molar-refractivity contribution in [3.05, 3.63) is 21.9 Å². The molecule has 1 fully saturated rings. The predicted molar refractivity (Wildman–Crippen MR) is 111 cm³/mol. The van der Waals surface area contributed by atoms with Crippen molar-refractivity contribution < 1.29 is 0 Å². The largest absolute Gasteiger partial charge is 0.355 e. The zero-order valence-corrected chi connectivity index (χ0v) is 17.8. The highest BCUT2D eigenvalue weighted by molar-refractivity contribution is 14.0. The van der Waals surface area contributed by atoms with Gasteiger partial charge in [-0.15, -0.1) is 35.3 Å². The highest BCUT2D eigenvalue weighted by atomic mass is 127. The maximum atomic E-state index is 4.32. The number of aryl methyl sites for hydroxylation is 1. The van der Waals surface area contributed by atoms with Gasteiger partial charge in [0.1, 0.15) is 0 Å². The molecule has 23 heavy (non-hydrogen) atoms. The first kappa shape index (κ1) is 20.7. The van der Waals surface area contributed by atoms with Crippen LogP contribution in [0.5, 0.6) is 0 Å². The first-order valence-corrected chi connectivity index (χ1v) is 8.88. The third-order valence-corrected chi connectivity index (χ3v) is 5.36. The van der Waals surface area contributed by atoms with Gasteiger partial charge in [-0.3, -0.25) is 9.89 Å². The molecule has 1 aromatic heterocycles. The lowest BCUT2D eigenvalue weighted by Gasteiger charge is -2.36. The van der Waals surface area contributed by atoms with Gasteiger partial charge in [0.05, 0.1) is 6.54 Å². The van der Waals surface area contributed by atoms with Crippen molar-refractivity contribution in [1.82, 2.24) is 20.4 Å². The van der Waals surface area contributed by atoms with Crippen LogP contribution in [0.2, 0.25) is 0 Å². The van der Waals surface area contributed by atoms with Gasteiger partial charge in [-0.2, -0.15) is 0 Å². The van der Waals surface area contributed by atoms with Crippen molar-refractivity contribution in [3.8, 4) is 0 Å². The first-order chi connectivity index (χ1) is 10.6. The van der Waals surface area contributed by atoms with Crippen LogP contribution < -0.4 is 10.6 Å². The highest BCUT2D eigenvalue weighted by Gasteiger charge is 2.19. The van der Waals surface area contributed by atoms with Crippen molar-refractivity contribution in [2.24, 2.45) is 4.99 Å². The molecule has 1 atom stereocenters. The maximum absolute atomic E-state index is 4.32. The Morgan fingerprint density at radius 3 is 2.57 bits per heavy atom. The summed E-state index contributed by atoms with van der Waals surface area (Å²) in [7, 11) is 4.02. The van der Waals surface area contributed by atoms with Gasteiger partial charge in [0.25, 0.3) is 0 Å². The zero-order chi connectivity index (χ0) is 15.9. The molecule has 0 saturated carbocycles. The van der Waals surface area contributed by atoms with Crippen molar-refractivity contribution in [1.29, 1.82) is 0 Å². The van der Waals surface area contributed by atoms with Gasteiger partial charge in [0.15, 0.2) is 5.96 Å². The van der Waals surface area contributed by atoms with Crippen LogP contribution in [0.25, 0.3) is 0 Å². The van der Waals surface area contributed by atoms with E-state index < -0.39 is 0 Å². The number of thiophene rings is 1. The molecule has 1 saturated heterocycles. The lowest BCUT2D eigenvalue weighted by molar-refractivity contribution is 0.120. The van der Waals surface area contributed by atoms with Gasteiger partial charge in [-0.1, -0.05) is 0 Å². The van der Waals surface area contributed by atoms with E-state index in [4.69, 9.17) is 0 Å². The maximum Gasteiger partial charge on any atom is 0.191 e. The molecule has 1 aliphatic rings. The summed E-state index contributed by atoms with van der Waals surface area (Å²) in [4.78, 5) is 10.6. The average molecular weight is 451 g/mol. The van der Waals surface area contributed by atoms with Crippen LogP contribution in [0.3, 0.4) is 0 Å². The van der Waals surface area contributed by atoms with Crippen LogP contribution in [0.4, 0.5) is 0 Å². The van der Waals surface area contributed by atoms with Gasteiger partial charge in [-0.25, -0.2) is 0 Å². The van der Waals surface area contributed by atoms with Crippen LogP contribution >= 0.6 is 35.3 Å². The second-order valence-electron chi connectivity index (χ2n) is 6.02. The minimum Gasteiger partial charge on any atom is -0.355 e. The number of piperazine rings is 1. The fourth-order valence-electron chi connectivity index (χ4n) is 2.61. The molecule has 1 aliphatic heterocycles. The van der Waals surface area contributed by atoms with E-state index in [0.717, 1.165) is 45.2 Å². The Labute approximate surface area is 161 Å². The van der Waals surface area contributed by atoms with E-state index in [9.17, 15) is 0 Å². The molecule has 2 heterocycles. The van der Waals surface area contributed by atoms with Gasteiger partial charge in [-0.05, 0) is 37.9 Å². The number of nitrogens with zero attached hydrogens (tertiary/aromatic N) is 3. The number of likely N-dealkylation sites (N-methyl/N-ethyl adjacent to an activating group) is 1. The smallest absolute Gasteiger partial charge is 0.191 e. The second kappa shape index (κ2) is 10.5. The standard InChI is InChI=1S/C16H29N5S.HI/c1-13-5-10-22-15(13)12-19-16(17-3)18-11-14(2)21-8-6-20(4)7-9-21;/h5,10,14H,6-9,11-12H2,1-4H3,(H2,17,18,19);1H. The SMILES string of the molecule is CN=C(NCc1sccc1C)NCC(C)N1CCN(C)CC1.I. The second-order valence-corrected chi connectivity index (χ2v) is 7.02. The Balaban J connectivity index is 0.00000264. The van der Waals surface area contributed by atoms with Crippen molar-refractivity contribution in [3.63, 3.8) is 0 Å². The third kappa shape index (κ3) is 6.56. The van der Waals surface area contributed by atoms with Crippen LogP contribution in [-0.4, -0.2) is 68.6 Å². The summed E-state index contributed by atoms with van der Waals surface area (Å²) in [6.07, 6.45) is 0. The highest BCUT2D eigenvalue weighted by Crippen LogP contribution is 2.14. The summed E-state index contributed by atoms with van der Waals surface area (Å²) in [5.74, 6) is 0.883. The van der Waals surface area contributed by atoms with E-state index in [2.05, 4.69) is 57.8 Å². The summed E-state index contributed by atoms with van der Waals surface area (Å²) in [6.45, 7) is 10.8. The average Bonchev–Trinajstić information content (AvgIpc) is 2.93. The molecule has 0 aliphatic carbocycles. The van der Waals surface area contributed by atoms with Gasteiger partial charge < -0.3 is 15.5 Å². The fourth-order valence-corrected chi connectivity index (χ4v) is 3.45. The molecule has 0 bridgehead atoms. The molecular weight excluding hydrogens is 421 g/mol. The number of hydrogen-bond acceptors (Lipinski definition) is 4. The molecule has 0 amide bonds. The Morgan fingerprint density at radius 1 is 1.30 bits per heavy atom. The summed E-state index contributed by atoms with van der Waals surface area (Å²) in [6, 6.07) is 2.68. The molecule has 0 spiro atoms. The van der Waals surface area contributed by atoms with Gasteiger partial charge in [0.2, 0.25) is 0 Å². The molecule has 2 rings (SSSR count). The molecule has 1 aromatic rings. The Kier molecular flexibility index (Phi) is 9.41. The monoisotopic (exact) mass is 451 g/mol. The van der Waals surface area contributed by atoms with E-state index >= 15 is 0 Å². The minimum absolute atomic E-state index is 0. The Morgan fingerprint density at radius 2 is 2.00 bits per heavy atom. The number of rotatable bonds is 5. The Bertz CT molecular complexity index is 483. The van der Waals surface area contributed by atoms with Gasteiger partial charge in [0, 0.05) is 50.7 Å². The van der Waals surface area contributed by atoms with E-state index in [-0.39, 0.29) is 24.0 Å². The first-order valence-electron chi connectivity index (χ1n) is 8.00. The van der Waals surface area contributed by atoms with Crippen LogP contribution in [0, 0.1) is 6.92 Å². The van der Waals surface area contributed by atoms with Crippen molar-refractivity contribution >= 4 is 41.3 Å². The number of guanidine groups is 1. The Hall–Kier alpha value is -0.380. The molecule has 0 aromatic carbocycles. The van der Waals surface area contributed by atoms with Gasteiger partial charge >= 0.3 is 0 Å². The molecule has 0 radical (unpaired) electrons. The fraction of sp³-hybridized carbons (Fsp3) is 0.688. The van der Waals surface area contributed by atoms with Crippen molar-refractivity contribution in [2.75, 3.05) is 46.8 Å². The molecule has 7 heteroatoms. The molecule has 1 unspecified atom stereocenters. The number of nitrogens with one attached hydrogen (secondary N) is 2. The van der Waals surface area contributed by atoms with Crippen molar-refractivity contribution in [2.45, 2.75) is 26.4 Å². The quantitative estimate of drug-likeness (QED) is 0.408. The lowest BCUT2D eigenvalue weighted by atomic mass is 10.2.